The third-order valence-corrected chi connectivity index (χ3v) is 4.18. The first-order chi connectivity index (χ1) is 12.6. The Kier molecular flexibility index (Phi) is 5.39. The number of carbonyl (C=O) groups excluding carboxylic acids is 1. The highest BCUT2D eigenvalue weighted by atomic mass is 35.5. The fourth-order valence-corrected chi connectivity index (χ4v) is 2.72. The van der Waals surface area contributed by atoms with Gasteiger partial charge in [0, 0.05) is 23.9 Å². The maximum Gasteiger partial charge on any atom is 0.251 e. The average molecular weight is 369 g/mol. The van der Waals surface area contributed by atoms with E-state index in [4.69, 9.17) is 16.3 Å². The lowest BCUT2D eigenvalue weighted by Crippen LogP contribution is -2.22. The number of ether oxygens (including phenoxy) is 1. The lowest BCUT2D eigenvalue weighted by Gasteiger charge is -2.09. The molecule has 2 N–H and O–H groups in total. The van der Waals surface area contributed by atoms with Crippen molar-refractivity contribution < 1.29 is 14.6 Å². The van der Waals surface area contributed by atoms with Crippen LogP contribution < -0.4 is 10.1 Å². The largest absolute Gasteiger partial charge is 0.504 e. The molecule has 0 fully saturated rings. The number of halogens is 1. The highest BCUT2D eigenvalue weighted by Crippen LogP contribution is 2.27. The number of rotatable bonds is 5. The zero-order valence-corrected chi connectivity index (χ0v) is 14.8. The van der Waals surface area contributed by atoms with Crippen molar-refractivity contribution in [3.63, 3.8) is 0 Å². The minimum absolute atomic E-state index is 0.0614. The normalized spacial score (nSPS) is 10.4. The van der Waals surface area contributed by atoms with Crippen molar-refractivity contribution in [3.8, 4) is 22.8 Å². The summed E-state index contributed by atoms with van der Waals surface area (Å²) < 4.78 is 5.06. The van der Waals surface area contributed by atoms with Gasteiger partial charge in [-0.3, -0.25) is 9.78 Å². The standard InChI is InChI=1S/C20H17ClN2O3/c1-26-18-11-13(4-9-17(18)24)12-23-20(25)15-7-5-14(6-8-15)19-16(21)3-2-10-22-19/h2-11,24H,12H2,1H3,(H,23,25). The lowest BCUT2D eigenvalue weighted by molar-refractivity contribution is 0.0951. The molecule has 132 valence electrons. The number of pyridine rings is 1. The third kappa shape index (κ3) is 3.95. The van der Waals surface area contributed by atoms with Crippen molar-refractivity contribution in [1.29, 1.82) is 0 Å². The van der Waals surface area contributed by atoms with Gasteiger partial charge in [-0.05, 0) is 42.0 Å². The maximum absolute atomic E-state index is 12.3. The summed E-state index contributed by atoms with van der Waals surface area (Å²) in [5.41, 5.74) is 2.88. The van der Waals surface area contributed by atoms with Gasteiger partial charge in [-0.1, -0.05) is 29.8 Å². The van der Waals surface area contributed by atoms with Crippen molar-refractivity contribution in [2.45, 2.75) is 6.54 Å². The van der Waals surface area contributed by atoms with Crippen molar-refractivity contribution in [2.24, 2.45) is 0 Å². The van der Waals surface area contributed by atoms with Crippen molar-refractivity contribution in [1.82, 2.24) is 10.3 Å². The second kappa shape index (κ2) is 7.89. The van der Waals surface area contributed by atoms with E-state index in [2.05, 4.69) is 10.3 Å². The van der Waals surface area contributed by atoms with Crippen molar-refractivity contribution in [2.75, 3.05) is 7.11 Å². The second-order valence-corrected chi connectivity index (χ2v) is 6.01. The summed E-state index contributed by atoms with van der Waals surface area (Å²) in [6.45, 7) is 0.323. The topological polar surface area (TPSA) is 71.5 Å². The van der Waals surface area contributed by atoms with E-state index in [-0.39, 0.29) is 11.7 Å². The van der Waals surface area contributed by atoms with Crippen LogP contribution in [0.2, 0.25) is 5.02 Å². The van der Waals surface area contributed by atoms with Gasteiger partial charge in [-0.25, -0.2) is 0 Å². The molecule has 3 aromatic rings. The molecule has 0 saturated heterocycles. The van der Waals surface area contributed by atoms with Gasteiger partial charge in [0.25, 0.3) is 5.91 Å². The molecule has 0 aliphatic rings. The van der Waals surface area contributed by atoms with Crippen LogP contribution in [-0.4, -0.2) is 23.1 Å². The number of hydrogen-bond donors (Lipinski definition) is 2. The molecule has 5 nitrogen and oxygen atoms in total. The predicted molar refractivity (Wildman–Crippen MR) is 101 cm³/mol. The first-order valence-corrected chi connectivity index (χ1v) is 8.31. The molecule has 0 unspecified atom stereocenters. The molecule has 0 radical (unpaired) electrons. The molecule has 1 heterocycles. The van der Waals surface area contributed by atoms with Gasteiger partial charge in [-0.15, -0.1) is 0 Å². The molecule has 0 saturated carbocycles. The van der Waals surface area contributed by atoms with Gasteiger partial charge in [-0.2, -0.15) is 0 Å². The van der Waals surface area contributed by atoms with E-state index in [1.807, 2.05) is 12.1 Å². The fraction of sp³-hybridized carbons (Fsp3) is 0.100. The number of aromatic nitrogens is 1. The Labute approximate surface area is 156 Å². The number of amides is 1. The average Bonchev–Trinajstić information content (AvgIpc) is 2.67. The molecule has 3 rings (SSSR count). The molecular formula is C20H17ClN2O3. The number of hydrogen-bond acceptors (Lipinski definition) is 4. The smallest absolute Gasteiger partial charge is 0.251 e. The third-order valence-electron chi connectivity index (χ3n) is 3.88. The van der Waals surface area contributed by atoms with Gasteiger partial charge in [0.05, 0.1) is 17.8 Å². The number of aromatic hydroxyl groups is 1. The van der Waals surface area contributed by atoms with Crippen LogP contribution in [0.3, 0.4) is 0 Å². The van der Waals surface area contributed by atoms with Crippen molar-refractivity contribution >= 4 is 17.5 Å². The van der Waals surface area contributed by atoms with Crippen LogP contribution in [0.4, 0.5) is 0 Å². The van der Waals surface area contributed by atoms with Crippen LogP contribution in [0.25, 0.3) is 11.3 Å². The van der Waals surface area contributed by atoms with E-state index in [9.17, 15) is 9.90 Å². The monoisotopic (exact) mass is 368 g/mol. The second-order valence-electron chi connectivity index (χ2n) is 5.60. The van der Waals surface area contributed by atoms with Crippen LogP contribution in [0.1, 0.15) is 15.9 Å². The highest BCUT2D eigenvalue weighted by Gasteiger charge is 2.09. The van der Waals surface area contributed by atoms with Crippen LogP contribution in [0.5, 0.6) is 11.5 Å². The summed E-state index contributed by atoms with van der Waals surface area (Å²) in [5.74, 6) is 0.232. The summed E-state index contributed by atoms with van der Waals surface area (Å²) in [5, 5.41) is 13.0. The minimum atomic E-state index is -0.198. The number of carbonyl (C=O) groups is 1. The molecule has 26 heavy (non-hydrogen) atoms. The van der Waals surface area contributed by atoms with Crippen LogP contribution >= 0.6 is 11.6 Å². The van der Waals surface area contributed by atoms with Crippen molar-refractivity contribution in [3.05, 3.63) is 76.9 Å². The van der Waals surface area contributed by atoms with Gasteiger partial charge >= 0.3 is 0 Å². The molecule has 0 atom stereocenters. The lowest BCUT2D eigenvalue weighted by atomic mass is 10.1. The van der Waals surface area contributed by atoms with E-state index in [0.29, 0.717) is 28.6 Å². The van der Waals surface area contributed by atoms with E-state index < -0.39 is 0 Å². The predicted octanol–water partition coefficient (Wildman–Crippen LogP) is 4.05. The number of nitrogens with one attached hydrogen (secondary N) is 1. The first kappa shape index (κ1) is 17.8. The first-order valence-electron chi connectivity index (χ1n) is 7.93. The van der Waals surface area contributed by atoms with Crippen LogP contribution in [-0.2, 0) is 6.54 Å². The summed E-state index contributed by atoms with van der Waals surface area (Å²) in [7, 11) is 1.48. The zero-order valence-electron chi connectivity index (χ0n) is 14.1. The van der Waals surface area contributed by atoms with E-state index in [1.54, 1.807) is 42.6 Å². The molecule has 0 aliphatic carbocycles. The molecule has 0 bridgehead atoms. The van der Waals surface area contributed by atoms with Gasteiger partial charge in [0.1, 0.15) is 0 Å². The highest BCUT2D eigenvalue weighted by molar-refractivity contribution is 6.33. The van der Waals surface area contributed by atoms with Crippen LogP contribution in [0, 0.1) is 0 Å². The molecule has 1 aromatic heterocycles. The Bertz CT molecular complexity index is 927. The van der Waals surface area contributed by atoms with Gasteiger partial charge in [0.2, 0.25) is 0 Å². The molecule has 6 heteroatoms. The fourth-order valence-electron chi connectivity index (χ4n) is 2.49. The number of nitrogens with zero attached hydrogens (tertiary/aromatic N) is 1. The Hall–Kier alpha value is -3.05. The van der Waals surface area contributed by atoms with Gasteiger partial charge in [0.15, 0.2) is 11.5 Å². The summed E-state index contributed by atoms with van der Waals surface area (Å²) >= 11 is 6.14. The number of methoxy groups -OCH3 is 1. The summed E-state index contributed by atoms with van der Waals surface area (Å²) in [6, 6.07) is 15.6. The molecule has 2 aromatic carbocycles. The number of benzene rings is 2. The van der Waals surface area contributed by atoms with E-state index in [0.717, 1.165) is 11.1 Å². The maximum atomic E-state index is 12.3. The Morgan fingerprint density at radius 3 is 2.65 bits per heavy atom. The molecule has 1 amide bonds. The van der Waals surface area contributed by atoms with E-state index >= 15 is 0 Å². The Morgan fingerprint density at radius 1 is 1.19 bits per heavy atom. The molecule has 0 spiro atoms. The van der Waals surface area contributed by atoms with Gasteiger partial charge < -0.3 is 15.2 Å². The number of phenols is 1. The molecule has 0 aliphatic heterocycles. The quantitative estimate of drug-likeness (QED) is 0.712. The summed E-state index contributed by atoms with van der Waals surface area (Å²) in [4.78, 5) is 16.6. The molecular weight excluding hydrogens is 352 g/mol. The minimum Gasteiger partial charge on any atom is -0.504 e. The number of phenolic OH excluding ortho intramolecular Hbond substituents is 1. The summed E-state index contributed by atoms with van der Waals surface area (Å²) in [6.07, 6.45) is 1.67. The van der Waals surface area contributed by atoms with E-state index in [1.165, 1.54) is 13.2 Å². The Balaban J connectivity index is 1.68. The SMILES string of the molecule is COc1cc(CNC(=O)c2ccc(-c3ncccc3Cl)cc2)ccc1O. The Morgan fingerprint density at radius 2 is 1.96 bits per heavy atom. The van der Waals surface area contributed by atoms with Crippen LogP contribution in [0.15, 0.2) is 60.8 Å². The zero-order chi connectivity index (χ0) is 18.5.